The molecular formula is C11H12ClN5O2. The van der Waals surface area contributed by atoms with Gasteiger partial charge in [0.1, 0.15) is 0 Å². The van der Waals surface area contributed by atoms with Gasteiger partial charge in [-0.2, -0.15) is 5.10 Å². The summed E-state index contributed by atoms with van der Waals surface area (Å²) in [6.45, 7) is 1.96. The van der Waals surface area contributed by atoms with E-state index in [1.807, 2.05) is 0 Å². The molecule has 1 aliphatic rings. The molecule has 0 aromatic heterocycles. The minimum atomic E-state index is -0.557. The Morgan fingerprint density at radius 1 is 1.47 bits per heavy atom. The number of anilines is 1. The lowest BCUT2D eigenvalue weighted by Gasteiger charge is -2.25. The van der Waals surface area contributed by atoms with Gasteiger partial charge in [-0.1, -0.05) is 23.7 Å². The third-order valence-electron chi connectivity index (χ3n) is 2.33. The molecule has 4 amide bonds. The lowest BCUT2D eigenvalue weighted by molar-refractivity contribution is 0.177. The quantitative estimate of drug-likeness (QED) is 0.772. The molecule has 3 N–H and O–H groups in total. The number of hydrogen-bond donors (Lipinski definition) is 3. The number of para-hydroxylation sites is 1. The maximum Gasteiger partial charge on any atom is 0.356 e. The maximum atomic E-state index is 11.7. The summed E-state index contributed by atoms with van der Waals surface area (Å²) in [5.41, 5.74) is 5.82. The number of rotatable bonds is 2. The Bertz CT molecular complexity index is 546. The molecule has 1 heterocycles. The average Bonchev–Trinajstić information content (AvgIpc) is 2.37. The summed E-state index contributed by atoms with van der Waals surface area (Å²) in [6.07, 6.45) is 0. The Morgan fingerprint density at radius 2 is 2.21 bits per heavy atom. The average molecular weight is 282 g/mol. The van der Waals surface area contributed by atoms with E-state index < -0.39 is 12.1 Å². The molecule has 2 rings (SSSR count). The Morgan fingerprint density at radius 3 is 2.95 bits per heavy atom. The first-order valence-corrected chi connectivity index (χ1v) is 5.87. The van der Waals surface area contributed by atoms with Gasteiger partial charge in [-0.3, -0.25) is 0 Å². The number of halogens is 1. The van der Waals surface area contributed by atoms with E-state index in [1.54, 1.807) is 31.2 Å². The van der Waals surface area contributed by atoms with Crippen LogP contribution in [0, 0.1) is 0 Å². The molecule has 100 valence electrons. The molecule has 7 nitrogen and oxygen atoms in total. The molecule has 0 bridgehead atoms. The number of carbonyl (C=O) groups is 2. The van der Waals surface area contributed by atoms with Crippen LogP contribution in [0.4, 0.5) is 15.3 Å². The van der Waals surface area contributed by atoms with Crippen LogP contribution in [0.2, 0.25) is 5.02 Å². The first-order valence-electron chi connectivity index (χ1n) is 5.49. The summed E-state index contributed by atoms with van der Waals surface area (Å²) in [7, 11) is 0. The van der Waals surface area contributed by atoms with E-state index in [4.69, 9.17) is 11.6 Å². The molecule has 0 radical (unpaired) electrons. The van der Waals surface area contributed by atoms with Crippen LogP contribution in [-0.4, -0.2) is 29.3 Å². The predicted octanol–water partition coefficient (Wildman–Crippen LogP) is 1.78. The SMILES string of the molecule is CC1=NNC(=O)N(NC(=O)Nc2ccccc2Cl)C1. The van der Waals surface area contributed by atoms with Crippen molar-refractivity contribution in [3.05, 3.63) is 29.3 Å². The summed E-state index contributed by atoms with van der Waals surface area (Å²) < 4.78 is 0. The van der Waals surface area contributed by atoms with Gasteiger partial charge < -0.3 is 5.32 Å². The first-order chi connectivity index (χ1) is 9.06. The van der Waals surface area contributed by atoms with Crippen LogP contribution >= 0.6 is 11.6 Å². The summed E-state index contributed by atoms with van der Waals surface area (Å²) >= 11 is 5.91. The van der Waals surface area contributed by atoms with Gasteiger partial charge in [-0.15, -0.1) is 0 Å². The van der Waals surface area contributed by atoms with Crippen molar-refractivity contribution < 1.29 is 9.59 Å². The fourth-order valence-electron chi connectivity index (χ4n) is 1.47. The Kier molecular flexibility index (Phi) is 3.86. The number of benzene rings is 1. The minimum absolute atomic E-state index is 0.224. The number of nitrogens with one attached hydrogen (secondary N) is 3. The van der Waals surface area contributed by atoms with Crippen molar-refractivity contribution >= 4 is 35.1 Å². The maximum absolute atomic E-state index is 11.7. The largest absolute Gasteiger partial charge is 0.356 e. The van der Waals surface area contributed by atoms with Gasteiger partial charge in [0.05, 0.1) is 23.0 Å². The molecule has 0 unspecified atom stereocenters. The topological polar surface area (TPSA) is 85.8 Å². The van der Waals surface area contributed by atoms with Crippen LogP contribution in [0.5, 0.6) is 0 Å². The van der Waals surface area contributed by atoms with Crippen LogP contribution in [0.3, 0.4) is 0 Å². The van der Waals surface area contributed by atoms with Crippen LogP contribution in [0.15, 0.2) is 29.4 Å². The number of nitrogens with zero attached hydrogens (tertiary/aromatic N) is 2. The standard InChI is InChI=1S/C11H12ClN5O2/c1-7-6-17(11(19)15-14-7)16-10(18)13-9-5-3-2-4-8(9)12/h2-5H,6H2,1H3,(H,15,19)(H2,13,16,18). The van der Waals surface area contributed by atoms with Crippen molar-refractivity contribution in [2.45, 2.75) is 6.92 Å². The van der Waals surface area contributed by atoms with Gasteiger partial charge in [0.25, 0.3) is 0 Å². The zero-order chi connectivity index (χ0) is 13.8. The third kappa shape index (κ3) is 3.35. The lowest BCUT2D eigenvalue weighted by atomic mass is 10.3. The molecule has 1 aliphatic heterocycles. The molecule has 19 heavy (non-hydrogen) atoms. The van der Waals surface area contributed by atoms with E-state index in [0.717, 1.165) is 5.01 Å². The zero-order valence-corrected chi connectivity index (χ0v) is 10.9. The summed E-state index contributed by atoms with van der Waals surface area (Å²) in [5.74, 6) is 0. The predicted molar refractivity (Wildman–Crippen MR) is 72.0 cm³/mol. The molecule has 0 saturated carbocycles. The molecule has 8 heteroatoms. The summed E-state index contributed by atoms with van der Waals surface area (Å²) in [6, 6.07) is 5.75. The van der Waals surface area contributed by atoms with Gasteiger partial charge in [-0.25, -0.2) is 25.4 Å². The van der Waals surface area contributed by atoms with Crippen molar-refractivity contribution in [3.63, 3.8) is 0 Å². The summed E-state index contributed by atoms with van der Waals surface area (Å²) in [4.78, 5) is 23.2. The fraction of sp³-hybridized carbons (Fsp3) is 0.182. The Balaban J connectivity index is 1.97. The van der Waals surface area contributed by atoms with Crippen molar-refractivity contribution in [2.24, 2.45) is 5.10 Å². The van der Waals surface area contributed by atoms with Crippen molar-refractivity contribution in [1.82, 2.24) is 15.9 Å². The van der Waals surface area contributed by atoms with Crippen LogP contribution in [0.1, 0.15) is 6.92 Å². The Labute approximate surface area is 114 Å². The molecule has 0 fully saturated rings. The smallest absolute Gasteiger partial charge is 0.305 e. The van der Waals surface area contributed by atoms with Crippen LogP contribution in [-0.2, 0) is 0 Å². The highest BCUT2D eigenvalue weighted by molar-refractivity contribution is 6.33. The second kappa shape index (κ2) is 5.57. The van der Waals surface area contributed by atoms with E-state index >= 15 is 0 Å². The number of amides is 4. The molecular weight excluding hydrogens is 270 g/mol. The third-order valence-corrected chi connectivity index (χ3v) is 2.66. The fourth-order valence-corrected chi connectivity index (χ4v) is 1.65. The molecule has 1 aromatic carbocycles. The van der Waals surface area contributed by atoms with E-state index in [-0.39, 0.29) is 6.54 Å². The number of hydrazone groups is 1. The minimum Gasteiger partial charge on any atom is -0.305 e. The second-order valence-electron chi connectivity index (χ2n) is 3.90. The summed E-state index contributed by atoms with van der Waals surface area (Å²) in [5, 5.41) is 7.83. The number of hydrogen-bond acceptors (Lipinski definition) is 3. The van der Waals surface area contributed by atoms with Crippen molar-refractivity contribution in [1.29, 1.82) is 0 Å². The van der Waals surface area contributed by atoms with E-state index in [0.29, 0.717) is 16.4 Å². The highest BCUT2D eigenvalue weighted by Crippen LogP contribution is 2.20. The second-order valence-corrected chi connectivity index (χ2v) is 4.30. The number of carbonyl (C=O) groups excluding carboxylic acids is 2. The monoisotopic (exact) mass is 281 g/mol. The first kappa shape index (κ1) is 13.2. The van der Waals surface area contributed by atoms with E-state index in [9.17, 15) is 9.59 Å². The molecule has 1 aromatic rings. The Hall–Kier alpha value is -2.28. The van der Waals surface area contributed by atoms with Gasteiger partial charge >= 0.3 is 12.1 Å². The molecule has 0 saturated heterocycles. The zero-order valence-electron chi connectivity index (χ0n) is 10.1. The van der Waals surface area contributed by atoms with Gasteiger partial charge in [0.2, 0.25) is 0 Å². The van der Waals surface area contributed by atoms with E-state index in [2.05, 4.69) is 21.3 Å². The molecule has 0 spiro atoms. The van der Waals surface area contributed by atoms with Gasteiger partial charge in [0.15, 0.2) is 0 Å². The van der Waals surface area contributed by atoms with E-state index in [1.165, 1.54) is 0 Å². The highest BCUT2D eigenvalue weighted by Gasteiger charge is 2.20. The molecule has 0 atom stereocenters. The number of hydrazine groups is 1. The molecule has 0 aliphatic carbocycles. The lowest BCUT2D eigenvalue weighted by Crippen LogP contribution is -2.55. The van der Waals surface area contributed by atoms with Gasteiger partial charge in [0, 0.05) is 0 Å². The van der Waals surface area contributed by atoms with Crippen molar-refractivity contribution in [2.75, 3.05) is 11.9 Å². The van der Waals surface area contributed by atoms with Crippen LogP contribution in [0.25, 0.3) is 0 Å². The normalized spacial score (nSPS) is 14.5. The number of urea groups is 2. The van der Waals surface area contributed by atoms with Gasteiger partial charge in [-0.05, 0) is 19.1 Å². The van der Waals surface area contributed by atoms with Crippen molar-refractivity contribution in [3.8, 4) is 0 Å². The highest BCUT2D eigenvalue weighted by atomic mass is 35.5. The van der Waals surface area contributed by atoms with Crippen LogP contribution < -0.4 is 16.2 Å².